The van der Waals surface area contributed by atoms with Crippen LogP contribution < -0.4 is 0 Å². The summed E-state index contributed by atoms with van der Waals surface area (Å²) in [4.78, 5) is 10.5. The summed E-state index contributed by atoms with van der Waals surface area (Å²) in [6, 6.07) is 0. The van der Waals surface area contributed by atoms with Crippen molar-refractivity contribution in [2.24, 2.45) is 17.3 Å². The highest BCUT2D eigenvalue weighted by Crippen LogP contribution is 2.57. The summed E-state index contributed by atoms with van der Waals surface area (Å²) < 4.78 is 0. The van der Waals surface area contributed by atoms with Crippen molar-refractivity contribution in [3.8, 4) is 0 Å². The minimum Gasteiger partial charge on any atom is -0.303 e. The number of allylic oxidation sites excluding steroid dienone is 1. The molecule has 14 heavy (non-hydrogen) atoms. The van der Waals surface area contributed by atoms with Crippen LogP contribution in [0.1, 0.15) is 45.4 Å². The van der Waals surface area contributed by atoms with E-state index in [4.69, 9.17) is 0 Å². The molecule has 0 radical (unpaired) electrons. The third-order valence-corrected chi connectivity index (χ3v) is 4.64. The molecule has 1 atom stereocenters. The van der Waals surface area contributed by atoms with Crippen molar-refractivity contribution in [3.05, 3.63) is 12.2 Å². The van der Waals surface area contributed by atoms with Gasteiger partial charge in [-0.1, -0.05) is 19.1 Å². The lowest BCUT2D eigenvalue weighted by Gasteiger charge is -2.52. The number of aldehydes is 1. The Bertz CT molecular complexity index is 248. The largest absolute Gasteiger partial charge is 0.303 e. The average Bonchev–Trinajstić information content (AvgIpc) is 2.23. The Kier molecular flexibility index (Phi) is 2.50. The van der Waals surface area contributed by atoms with Gasteiger partial charge in [0.1, 0.15) is 6.29 Å². The van der Waals surface area contributed by atoms with Gasteiger partial charge in [0.05, 0.1) is 0 Å². The number of hydrogen-bond donors (Lipinski definition) is 0. The number of carbonyl (C=O) groups is 1. The van der Waals surface area contributed by atoms with Crippen LogP contribution >= 0.6 is 0 Å². The van der Waals surface area contributed by atoms with Gasteiger partial charge in [0.15, 0.2) is 0 Å². The van der Waals surface area contributed by atoms with Gasteiger partial charge in [0.25, 0.3) is 0 Å². The average molecular weight is 192 g/mol. The van der Waals surface area contributed by atoms with Gasteiger partial charge in [-0.3, -0.25) is 0 Å². The van der Waals surface area contributed by atoms with E-state index in [0.717, 1.165) is 24.5 Å². The van der Waals surface area contributed by atoms with E-state index in [1.165, 1.54) is 31.3 Å². The highest BCUT2D eigenvalue weighted by molar-refractivity contribution is 5.49. The third kappa shape index (κ3) is 1.34. The van der Waals surface area contributed by atoms with E-state index in [1.54, 1.807) is 0 Å². The van der Waals surface area contributed by atoms with Gasteiger partial charge in [0.2, 0.25) is 0 Å². The van der Waals surface area contributed by atoms with Crippen molar-refractivity contribution in [2.75, 3.05) is 0 Å². The summed E-state index contributed by atoms with van der Waals surface area (Å²) in [5.41, 5.74) is 1.73. The summed E-state index contributed by atoms with van der Waals surface area (Å²) in [6.07, 6.45) is 8.20. The van der Waals surface area contributed by atoms with Crippen LogP contribution in [0.5, 0.6) is 0 Å². The number of rotatable bonds is 3. The highest BCUT2D eigenvalue weighted by Gasteiger charge is 2.46. The van der Waals surface area contributed by atoms with Crippen LogP contribution in [0.3, 0.4) is 0 Å². The molecule has 3 saturated carbocycles. The minimum atomic E-state index is 0.280. The summed E-state index contributed by atoms with van der Waals surface area (Å²) >= 11 is 0. The maximum atomic E-state index is 10.5. The summed E-state index contributed by atoms with van der Waals surface area (Å²) in [6.45, 7) is 6.62. The van der Waals surface area contributed by atoms with Crippen molar-refractivity contribution in [2.45, 2.75) is 45.4 Å². The predicted octanol–water partition coefficient (Wildman–Crippen LogP) is 3.35. The van der Waals surface area contributed by atoms with Crippen LogP contribution in [0.15, 0.2) is 12.2 Å². The Morgan fingerprint density at radius 3 is 2.57 bits per heavy atom. The van der Waals surface area contributed by atoms with E-state index >= 15 is 0 Å². The van der Waals surface area contributed by atoms with E-state index in [0.29, 0.717) is 6.42 Å². The van der Waals surface area contributed by atoms with Crippen LogP contribution in [0.2, 0.25) is 0 Å². The summed E-state index contributed by atoms with van der Waals surface area (Å²) in [5, 5.41) is 0. The van der Waals surface area contributed by atoms with Gasteiger partial charge in [0, 0.05) is 6.42 Å². The second kappa shape index (κ2) is 3.52. The SMILES string of the molecule is C=C1C2CCC(CC2)C1(C)CCC=O. The lowest BCUT2D eigenvalue weighted by atomic mass is 9.53. The Morgan fingerprint density at radius 1 is 1.43 bits per heavy atom. The molecule has 3 fully saturated rings. The molecule has 0 heterocycles. The fraction of sp³-hybridized carbons (Fsp3) is 0.769. The Morgan fingerprint density at radius 2 is 2.07 bits per heavy atom. The topological polar surface area (TPSA) is 17.1 Å². The Labute approximate surface area is 86.6 Å². The fourth-order valence-corrected chi connectivity index (χ4v) is 3.53. The molecule has 78 valence electrons. The van der Waals surface area contributed by atoms with Gasteiger partial charge in [-0.25, -0.2) is 0 Å². The molecule has 0 aliphatic heterocycles. The van der Waals surface area contributed by atoms with Gasteiger partial charge in [-0.15, -0.1) is 0 Å². The highest BCUT2D eigenvalue weighted by atomic mass is 16.1. The van der Waals surface area contributed by atoms with Gasteiger partial charge >= 0.3 is 0 Å². The maximum absolute atomic E-state index is 10.5. The van der Waals surface area contributed by atoms with Crippen molar-refractivity contribution >= 4 is 6.29 Å². The maximum Gasteiger partial charge on any atom is 0.120 e. The quantitative estimate of drug-likeness (QED) is 0.495. The second-order valence-corrected chi connectivity index (χ2v) is 5.20. The van der Waals surface area contributed by atoms with Crippen LogP contribution in [-0.4, -0.2) is 6.29 Å². The van der Waals surface area contributed by atoms with Crippen LogP contribution in [0, 0.1) is 17.3 Å². The first-order valence-electron chi connectivity index (χ1n) is 5.81. The summed E-state index contributed by atoms with van der Waals surface area (Å²) in [7, 11) is 0. The monoisotopic (exact) mass is 192 g/mol. The van der Waals surface area contributed by atoms with Crippen LogP contribution in [-0.2, 0) is 4.79 Å². The van der Waals surface area contributed by atoms with E-state index in [2.05, 4.69) is 13.5 Å². The normalized spacial score (nSPS) is 41.4. The molecule has 0 amide bonds. The number of hydrogen-bond acceptors (Lipinski definition) is 1. The zero-order valence-electron chi connectivity index (χ0n) is 9.09. The lowest BCUT2D eigenvalue weighted by molar-refractivity contribution is -0.108. The number of carbonyl (C=O) groups excluding carboxylic acids is 1. The zero-order valence-corrected chi connectivity index (χ0v) is 9.09. The standard InChI is InChI=1S/C13H20O/c1-10-11-4-6-12(7-5-11)13(10,2)8-3-9-14/h9,11-12H,1,3-8H2,2H3. The molecule has 3 aliphatic carbocycles. The molecule has 0 spiro atoms. The molecule has 0 aromatic carbocycles. The van der Waals surface area contributed by atoms with Crippen molar-refractivity contribution < 1.29 is 4.79 Å². The van der Waals surface area contributed by atoms with Crippen LogP contribution in [0.4, 0.5) is 0 Å². The first-order valence-corrected chi connectivity index (χ1v) is 5.81. The molecule has 3 rings (SSSR count). The smallest absolute Gasteiger partial charge is 0.120 e. The van der Waals surface area contributed by atoms with Gasteiger partial charge < -0.3 is 4.79 Å². The Hall–Kier alpha value is -0.590. The molecule has 0 saturated heterocycles. The molecule has 1 unspecified atom stereocenters. The van der Waals surface area contributed by atoms with Crippen LogP contribution in [0.25, 0.3) is 0 Å². The van der Waals surface area contributed by atoms with Crippen molar-refractivity contribution in [1.82, 2.24) is 0 Å². The van der Waals surface area contributed by atoms with Crippen molar-refractivity contribution in [1.29, 1.82) is 0 Å². The molecule has 0 aromatic rings. The lowest BCUT2D eigenvalue weighted by Crippen LogP contribution is -2.41. The molecule has 2 bridgehead atoms. The first kappa shape index (κ1) is 9.95. The molecule has 3 aliphatic rings. The van der Waals surface area contributed by atoms with E-state index in [9.17, 15) is 4.79 Å². The second-order valence-electron chi connectivity index (χ2n) is 5.20. The zero-order chi connectivity index (χ0) is 10.2. The molecule has 0 N–H and O–H groups in total. The third-order valence-electron chi connectivity index (χ3n) is 4.64. The predicted molar refractivity (Wildman–Crippen MR) is 58.0 cm³/mol. The Balaban J connectivity index is 2.16. The van der Waals surface area contributed by atoms with E-state index < -0.39 is 0 Å². The van der Waals surface area contributed by atoms with E-state index in [1.807, 2.05) is 0 Å². The molecule has 1 nitrogen and oxygen atoms in total. The molecule has 0 aromatic heterocycles. The minimum absolute atomic E-state index is 0.280. The van der Waals surface area contributed by atoms with Gasteiger partial charge in [-0.05, 0) is 49.4 Å². The summed E-state index contributed by atoms with van der Waals surface area (Å²) in [5.74, 6) is 1.57. The van der Waals surface area contributed by atoms with Gasteiger partial charge in [-0.2, -0.15) is 0 Å². The van der Waals surface area contributed by atoms with E-state index in [-0.39, 0.29) is 5.41 Å². The molecular weight excluding hydrogens is 172 g/mol. The molecule has 1 heteroatoms. The van der Waals surface area contributed by atoms with Crippen molar-refractivity contribution in [3.63, 3.8) is 0 Å². The first-order chi connectivity index (χ1) is 6.68. The molecular formula is C13H20O. The number of fused-ring (bicyclic) bond motifs is 3. The fourth-order valence-electron chi connectivity index (χ4n) is 3.53.